The summed E-state index contributed by atoms with van der Waals surface area (Å²) in [6, 6.07) is 105. The Hall–Kier alpha value is -12.8. The minimum Gasteiger partial charge on any atom is -0.309 e. The van der Waals surface area contributed by atoms with Gasteiger partial charge in [0.25, 0.3) is 0 Å². The molecule has 0 amide bonds. The molecule has 0 saturated carbocycles. The van der Waals surface area contributed by atoms with Crippen LogP contribution in [0.25, 0.3) is 176 Å². The molecule has 0 aliphatic rings. The van der Waals surface area contributed by atoms with Crippen molar-refractivity contribution in [3.8, 4) is 51.3 Å². The van der Waals surface area contributed by atoms with Crippen molar-refractivity contribution in [3.63, 3.8) is 0 Å². The van der Waals surface area contributed by atoms with Crippen molar-refractivity contribution >= 4 is 131 Å². The number of fused-ring (bicyclic) bond motifs is 18. The summed E-state index contributed by atoms with van der Waals surface area (Å²) < 4.78 is 61.3. The van der Waals surface area contributed by atoms with Crippen LogP contribution >= 0.6 is 0 Å². The first-order chi connectivity index (χ1) is 47.6. The second-order valence-electron chi connectivity index (χ2n) is 25.5. The van der Waals surface area contributed by atoms with Crippen LogP contribution in [-0.4, -0.2) is 27.4 Å². The lowest BCUT2D eigenvalue weighted by atomic mass is 9.95. The molecule has 0 bridgehead atoms. The highest BCUT2D eigenvalue weighted by Crippen LogP contribution is 2.48. The molecule has 456 valence electrons. The molecular formula is C87H52F3N7. The van der Waals surface area contributed by atoms with Gasteiger partial charge in [-0.05, 0) is 139 Å². The van der Waals surface area contributed by atoms with Gasteiger partial charge in [-0.15, -0.1) is 0 Å². The third-order valence-electron chi connectivity index (χ3n) is 20.2. The zero-order chi connectivity index (χ0) is 64.5. The highest BCUT2D eigenvalue weighted by molar-refractivity contribution is 6.17. The Labute approximate surface area is 552 Å². The molecule has 20 rings (SSSR count). The van der Waals surface area contributed by atoms with E-state index in [1.165, 1.54) is 12.1 Å². The van der Waals surface area contributed by atoms with Crippen molar-refractivity contribution in [3.05, 3.63) is 314 Å². The number of halogens is 3. The Kier molecular flexibility index (Phi) is 11.5. The predicted molar refractivity (Wildman–Crippen MR) is 392 cm³/mol. The molecule has 97 heavy (non-hydrogen) atoms. The SMILES string of the molecule is Cc1cc(-c2c(-n3c4cc(-n5c6ccccc6c6ccccc65)ccc4c4ccc(-n5c6ccccc6c6ccccc65)cc43)cc(C#N)cc2-n2c3cc(-n4c5ccccc5c5ccccc54)ccc3c3ccc(-n4c5ccccc5c5ccccc54)cc32)cc(C(F)(F)F)c1. The standard InChI is InChI=1S/C87H52F3N7/c1-52-42-54(46-55(43-52)87(88,89)90)86-84(96-80-47-56(92-72-26-10-2-18-60(72)61-19-3-11-27-73(61)92)34-38-68(80)69-39-35-57(48-81(69)96)93-74-28-12-4-20-62(74)63-21-5-13-29-75(63)93)44-53(51-91)45-85(86)97-82-49-58(94-76-30-14-6-22-64(76)65-23-7-15-31-77(65)94)36-40-70(82)71-41-37-59(50-83(71)97)95-78-32-16-8-24-66(78)67-25-9-17-33-79(67)95/h2-50H,1H3. The summed E-state index contributed by atoms with van der Waals surface area (Å²) in [5, 5.41) is 24.4. The number of hydrogen-bond donors (Lipinski definition) is 0. The summed E-state index contributed by atoms with van der Waals surface area (Å²) >= 11 is 0. The lowest BCUT2D eigenvalue weighted by Crippen LogP contribution is -2.08. The van der Waals surface area contributed by atoms with Crippen molar-refractivity contribution < 1.29 is 13.2 Å². The number of para-hydroxylation sites is 8. The van der Waals surface area contributed by atoms with E-state index in [1.54, 1.807) is 6.92 Å². The molecule has 0 spiro atoms. The van der Waals surface area contributed by atoms with Crippen LogP contribution in [0, 0.1) is 18.3 Å². The van der Waals surface area contributed by atoms with Gasteiger partial charge in [-0.2, -0.15) is 18.4 Å². The van der Waals surface area contributed by atoms with E-state index in [1.807, 2.05) is 18.2 Å². The van der Waals surface area contributed by atoms with E-state index in [9.17, 15) is 5.26 Å². The lowest BCUT2D eigenvalue weighted by Gasteiger charge is -2.22. The summed E-state index contributed by atoms with van der Waals surface area (Å²) in [6.45, 7) is 1.73. The van der Waals surface area contributed by atoms with Gasteiger partial charge in [0.05, 0.1) is 94.8 Å². The second-order valence-corrected chi connectivity index (χ2v) is 25.5. The van der Waals surface area contributed by atoms with E-state index in [-0.39, 0.29) is 0 Å². The van der Waals surface area contributed by atoms with Gasteiger partial charge in [-0.25, -0.2) is 0 Å². The first-order valence-corrected chi connectivity index (χ1v) is 32.5. The smallest absolute Gasteiger partial charge is 0.309 e. The summed E-state index contributed by atoms with van der Waals surface area (Å²) in [4.78, 5) is 0. The van der Waals surface area contributed by atoms with E-state index in [4.69, 9.17) is 0 Å². The molecule has 0 N–H and O–H groups in total. The zero-order valence-corrected chi connectivity index (χ0v) is 52.1. The van der Waals surface area contributed by atoms with Gasteiger partial charge < -0.3 is 27.4 Å². The van der Waals surface area contributed by atoms with Crippen LogP contribution in [0.5, 0.6) is 0 Å². The number of aryl methyl sites for hydroxylation is 1. The first kappa shape index (κ1) is 54.7. The topological polar surface area (TPSA) is 53.4 Å². The molecule has 0 radical (unpaired) electrons. The van der Waals surface area contributed by atoms with Crippen LogP contribution < -0.4 is 0 Å². The lowest BCUT2D eigenvalue weighted by molar-refractivity contribution is -0.137. The molecule has 6 heterocycles. The van der Waals surface area contributed by atoms with Crippen LogP contribution in [0.2, 0.25) is 0 Å². The number of nitriles is 1. The first-order valence-electron chi connectivity index (χ1n) is 32.5. The quantitative estimate of drug-likeness (QED) is 0.157. The number of benzene rings is 14. The molecule has 7 nitrogen and oxygen atoms in total. The van der Waals surface area contributed by atoms with Gasteiger partial charge in [-0.1, -0.05) is 176 Å². The minimum absolute atomic E-state index is 0.316. The summed E-state index contributed by atoms with van der Waals surface area (Å²) in [7, 11) is 0. The van der Waals surface area contributed by atoms with Gasteiger partial charge in [0.15, 0.2) is 0 Å². The highest BCUT2D eigenvalue weighted by atomic mass is 19.4. The van der Waals surface area contributed by atoms with Crippen molar-refractivity contribution in [1.82, 2.24) is 27.4 Å². The van der Waals surface area contributed by atoms with Gasteiger partial charge in [-0.3, -0.25) is 0 Å². The van der Waals surface area contributed by atoms with Gasteiger partial charge in [0.1, 0.15) is 0 Å². The number of rotatable bonds is 7. The third kappa shape index (κ3) is 7.91. The van der Waals surface area contributed by atoms with Crippen molar-refractivity contribution in [2.24, 2.45) is 0 Å². The van der Waals surface area contributed by atoms with Crippen molar-refractivity contribution in [2.45, 2.75) is 13.1 Å². The number of aromatic nitrogens is 6. The maximum absolute atomic E-state index is 15.9. The molecule has 0 fully saturated rings. The van der Waals surface area contributed by atoms with Gasteiger partial charge >= 0.3 is 6.18 Å². The summed E-state index contributed by atoms with van der Waals surface area (Å²) in [6.07, 6.45) is -4.71. The van der Waals surface area contributed by atoms with E-state index >= 15 is 13.2 Å². The number of nitrogens with zero attached hydrogens (tertiary/aromatic N) is 7. The fourth-order valence-electron chi connectivity index (χ4n) is 16.3. The second kappa shape index (κ2) is 20.3. The Morgan fingerprint density at radius 3 is 0.763 bits per heavy atom. The van der Waals surface area contributed by atoms with Gasteiger partial charge in [0, 0.05) is 92.9 Å². The van der Waals surface area contributed by atoms with Crippen molar-refractivity contribution in [2.75, 3.05) is 0 Å². The molecular weight excluding hydrogens is 1200 g/mol. The third-order valence-corrected chi connectivity index (χ3v) is 20.2. The molecule has 0 atom stereocenters. The van der Waals surface area contributed by atoms with Crippen LogP contribution in [0.4, 0.5) is 13.2 Å². The average molecular weight is 1250 g/mol. The maximum Gasteiger partial charge on any atom is 0.416 e. The molecule has 0 aliphatic carbocycles. The van der Waals surface area contributed by atoms with Crippen LogP contribution in [0.15, 0.2) is 297 Å². The molecule has 0 aliphatic heterocycles. The largest absolute Gasteiger partial charge is 0.416 e. The van der Waals surface area contributed by atoms with E-state index < -0.39 is 11.7 Å². The van der Waals surface area contributed by atoms with Crippen LogP contribution in [0.3, 0.4) is 0 Å². The average Bonchev–Trinajstić information content (AvgIpc) is 1.57. The Morgan fingerprint density at radius 1 is 0.268 bits per heavy atom. The zero-order valence-electron chi connectivity index (χ0n) is 52.1. The maximum atomic E-state index is 15.9. The molecule has 20 aromatic rings. The Balaban J connectivity index is 0.964. The fourth-order valence-corrected chi connectivity index (χ4v) is 16.3. The van der Waals surface area contributed by atoms with Crippen LogP contribution in [-0.2, 0) is 6.18 Å². The fraction of sp³-hybridized carbons (Fsp3) is 0.0230. The number of hydrogen-bond acceptors (Lipinski definition) is 1. The predicted octanol–water partition coefficient (Wildman–Crippen LogP) is 23.1. The monoisotopic (exact) mass is 1250 g/mol. The Morgan fingerprint density at radius 2 is 0.515 bits per heavy atom. The number of alkyl halides is 3. The molecule has 10 heteroatoms. The van der Waals surface area contributed by atoms with Crippen molar-refractivity contribution in [1.29, 1.82) is 5.26 Å². The van der Waals surface area contributed by atoms with Gasteiger partial charge in [0.2, 0.25) is 0 Å². The molecule has 0 unspecified atom stereocenters. The van der Waals surface area contributed by atoms with E-state index in [0.717, 1.165) is 154 Å². The molecule has 0 saturated heterocycles. The molecule has 6 aromatic heterocycles. The molecule has 14 aromatic carbocycles. The summed E-state index contributed by atoms with van der Waals surface area (Å²) in [5.41, 5.74) is 16.8. The summed E-state index contributed by atoms with van der Waals surface area (Å²) in [5.74, 6) is 0. The van der Waals surface area contributed by atoms with E-state index in [0.29, 0.717) is 33.6 Å². The minimum atomic E-state index is -4.71. The van der Waals surface area contributed by atoms with E-state index in [2.05, 4.69) is 300 Å². The highest BCUT2D eigenvalue weighted by Gasteiger charge is 2.33. The normalized spacial score (nSPS) is 12.3. The van der Waals surface area contributed by atoms with Crippen LogP contribution in [0.1, 0.15) is 16.7 Å². The Bertz CT molecular complexity index is 5920.